The molecule has 0 saturated carbocycles. The number of rotatable bonds is 6. The maximum Gasteiger partial charge on any atom is 0.280 e. The second-order valence-electron chi connectivity index (χ2n) is 6.01. The first-order valence-electron chi connectivity index (χ1n) is 8.37. The first-order valence-corrected chi connectivity index (χ1v) is 9.85. The Balaban J connectivity index is 2.16. The minimum atomic E-state index is -3.96. The van der Waals surface area contributed by atoms with Gasteiger partial charge in [0.1, 0.15) is 5.69 Å². The Morgan fingerprint density at radius 1 is 1.07 bits per heavy atom. The van der Waals surface area contributed by atoms with Crippen LogP contribution in [0.2, 0.25) is 0 Å². The highest BCUT2D eigenvalue weighted by Crippen LogP contribution is 2.38. The molecule has 0 bridgehead atoms. The van der Waals surface area contributed by atoms with E-state index in [1.165, 1.54) is 12.1 Å². The van der Waals surface area contributed by atoms with E-state index in [0.717, 1.165) is 10.2 Å². The Bertz CT molecular complexity index is 1030. The molecule has 0 aliphatic carbocycles. The summed E-state index contributed by atoms with van der Waals surface area (Å²) < 4.78 is 56.4. The van der Waals surface area contributed by atoms with Gasteiger partial charge in [-0.3, -0.25) is 9.40 Å². The zero-order valence-electron chi connectivity index (χ0n) is 14.9. The van der Waals surface area contributed by atoms with E-state index >= 15 is 0 Å². The molecule has 0 aliphatic rings. The van der Waals surface area contributed by atoms with Crippen LogP contribution >= 0.6 is 0 Å². The molecule has 0 aliphatic heterocycles. The van der Waals surface area contributed by atoms with E-state index < -0.39 is 16.4 Å². The van der Waals surface area contributed by atoms with E-state index in [0.29, 0.717) is 5.56 Å². The van der Waals surface area contributed by atoms with Crippen LogP contribution in [0.3, 0.4) is 0 Å². The van der Waals surface area contributed by atoms with Gasteiger partial charge in [0, 0.05) is 6.54 Å². The zero-order valence-corrected chi connectivity index (χ0v) is 15.7. The molecular formula is C19H19F2N3O2S. The zero-order chi connectivity index (χ0) is 19.6. The van der Waals surface area contributed by atoms with Crippen LogP contribution in [0.5, 0.6) is 0 Å². The molecule has 0 amide bonds. The van der Waals surface area contributed by atoms with Gasteiger partial charge in [-0.2, -0.15) is 5.10 Å². The van der Waals surface area contributed by atoms with Crippen LogP contribution in [0.15, 0.2) is 59.5 Å². The first-order chi connectivity index (χ1) is 12.8. The number of aromatic nitrogens is 2. The van der Waals surface area contributed by atoms with Crippen LogP contribution in [-0.4, -0.2) is 18.2 Å². The number of anilines is 1. The quantitative estimate of drug-likeness (QED) is 0.667. The lowest BCUT2D eigenvalue weighted by atomic mass is 10.0. The maximum atomic E-state index is 13.8. The van der Waals surface area contributed by atoms with Gasteiger partial charge in [-0.15, -0.1) is 0 Å². The monoisotopic (exact) mass is 391 g/mol. The number of nitrogens with one attached hydrogen (secondary N) is 1. The topological polar surface area (TPSA) is 64.0 Å². The second-order valence-corrected chi connectivity index (χ2v) is 7.69. The lowest BCUT2D eigenvalue weighted by Crippen LogP contribution is -2.14. The van der Waals surface area contributed by atoms with Crippen molar-refractivity contribution >= 4 is 15.8 Å². The summed E-state index contributed by atoms with van der Waals surface area (Å²) in [5, 5.41) is 4.11. The third-order valence-corrected chi connectivity index (χ3v) is 5.48. The molecule has 1 aromatic heterocycles. The van der Waals surface area contributed by atoms with Crippen molar-refractivity contribution in [1.82, 2.24) is 9.78 Å². The Morgan fingerprint density at radius 2 is 1.70 bits per heavy atom. The number of hydrogen-bond acceptors (Lipinski definition) is 3. The number of sulfonamides is 1. The normalized spacial score (nSPS) is 11.7. The highest BCUT2D eigenvalue weighted by Gasteiger charge is 2.28. The highest BCUT2D eigenvalue weighted by molar-refractivity contribution is 7.92. The fraction of sp³-hybridized carbons (Fsp3) is 0.211. The van der Waals surface area contributed by atoms with Gasteiger partial charge in [-0.05, 0) is 31.5 Å². The van der Waals surface area contributed by atoms with E-state index in [1.54, 1.807) is 49.4 Å². The molecule has 0 radical (unpaired) electrons. The Hall–Kier alpha value is -2.74. The van der Waals surface area contributed by atoms with Crippen molar-refractivity contribution in [3.8, 4) is 11.1 Å². The summed E-state index contributed by atoms with van der Waals surface area (Å²) in [6, 6.07) is 14.6. The number of benzene rings is 2. The fourth-order valence-electron chi connectivity index (χ4n) is 2.80. The molecule has 2 aromatic carbocycles. The molecule has 3 rings (SSSR count). The summed E-state index contributed by atoms with van der Waals surface area (Å²) in [4.78, 5) is 0.0319. The molecule has 1 N–H and O–H groups in total. The van der Waals surface area contributed by atoms with Crippen LogP contribution in [0.25, 0.3) is 11.1 Å². The highest BCUT2D eigenvalue weighted by atomic mass is 32.2. The molecule has 3 aromatic rings. The van der Waals surface area contributed by atoms with Crippen molar-refractivity contribution in [3.05, 3.63) is 65.9 Å². The smallest absolute Gasteiger partial charge is 0.261 e. The molecule has 8 heteroatoms. The van der Waals surface area contributed by atoms with Gasteiger partial charge in [0.25, 0.3) is 16.4 Å². The summed E-state index contributed by atoms with van der Waals surface area (Å²) >= 11 is 0. The van der Waals surface area contributed by atoms with E-state index in [9.17, 15) is 17.2 Å². The molecular weight excluding hydrogens is 372 g/mol. The SMILES string of the molecule is CCn1nc(NS(=O)(=O)c2ccccc2)c(-c2ccc(C)cc2)c1C(F)F. The van der Waals surface area contributed by atoms with Gasteiger partial charge in [-0.1, -0.05) is 48.0 Å². The maximum absolute atomic E-state index is 13.8. The van der Waals surface area contributed by atoms with Gasteiger partial charge >= 0.3 is 0 Å². The van der Waals surface area contributed by atoms with Crippen LogP contribution in [-0.2, 0) is 16.6 Å². The van der Waals surface area contributed by atoms with Crippen molar-refractivity contribution in [2.24, 2.45) is 0 Å². The van der Waals surface area contributed by atoms with Gasteiger partial charge in [-0.25, -0.2) is 17.2 Å². The molecule has 0 fully saturated rings. The fourth-order valence-corrected chi connectivity index (χ4v) is 3.83. The summed E-state index contributed by atoms with van der Waals surface area (Å²) in [6.45, 7) is 3.74. The largest absolute Gasteiger partial charge is 0.280 e. The van der Waals surface area contributed by atoms with E-state index in [1.807, 2.05) is 6.92 Å². The van der Waals surface area contributed by atoms with E-state index in [-0.39, 0.29) is 28.5 Å². The number of nitrogens with zero attached hydrogens (tertiary/aromatic N) is 2. The minimum Gasteiger partial charge on any atom is -0.261 e. The average Bonchev–Trinajstić information content (AvgIpc) is 3.01. The van der Waals surface area contributed by atoms with Gasteiger partial charge in [0.05, 0.1) is 10.5 Å². The third kappa shape index (κ3) is 3.85. The summed E-state index contributed by atoms with van der Waals surface area (Å²) in [5.41, 5.74) is 1.21. The van der Waals surface area contributed by atoms with E-state index in [4.69, 9.17) is 0 Å². The molecule has 0 atom stereocenters. The van der Waals surface area contributed by atoms with Crippen LogP contribution in [0.1, 0.15) is 24.6 Å². The van der Waals surface area contributed by atoms with Crippen LogP contribution < -0.4 is 4.72 Å². The van der Waals surface area contributed by atoms with Gasteiger partial charge < -0.3 is 0 Å². The van der Waals surface area contributed by atoms with Gasteiger partial charge in [0.2, 0.25) is 0 Å². The number of aryl methyl sites for hydroxylation is 2. The molecule has 5 nitrogen and oxygen atoms in total. The lowest BCUT2D eigenvalue weighted by Gasteiger charge is -2.10. The summed E-state index contributed by atoms with van der Waals surface area (Å²) in [5.74, 6) is -0.111. The van der Waals surface area contributed by atoms with E-state index in [2.05, 4.69) is 9.82 Å². The van der Waals surface area contributed by atoms with Crippen LogP contribution in [0, 0.1) is 6.92 Å². The minimum absolute atomic E-state index is 0.0319. The molecule has 142 valence electrons. The lowest BCUT2D eigenvalue weighted by molar-refractivity contribution is 0.140. The Morgan fingerprint density at radius 3 is 2.26 bits per heavy atom. The molecule has 27 heavy (non-hydrogen) atoms. The van der Waals surface area contributed by atoms with Crippen molar-refractivity contribution in [3.63, 3.8) is 0 Å². The predicted molar refractivity (Wildman–Crippen MR) is 100 cm³/mol. The molecule has 0 saturated heterocycles. The number of halogens is 2. The predicted octanol–water partition coefficient (Wildman–Crippen LogP) is 4.62. The Labute approximate surface area is 156 Å². The van der Waals surface area contributed by atoms with Gasteiger partial charge in [0.15, 0.2) is 5.82 Å². The standard InChI is InChI=1S/C19H19F2N3O2S/c1-3-24-17(18(20)21)16(14-11-9-13(2)10-12-14)19(22-24)23-27(25,26)15-7-5-4-6-8-15/h4-12,18H,3H2,1-2H3,(H,22,23). The molecule has 0 unspecified atom stereocenters. The second kappa shape index (κ2) is 7.48. The van der Waals surface area contributed by atoms with Crippen molar-refractivity contribution in [1.29, 1.82) is 0 Å². The summed E-state index contributed by atoms with van der Waals surface area (Å²) in [6.07, 6.45) is -2.80. The first kappa shape index (κ1) is 19.0. The number of hydrogen-bond donors (Lipinski definition) is 1. The number of alkyl halides is 2. The average molecular weight is 391 g/mol. The molecule has 0 spiro atoms. The molecule has 1 heterocycles. The third-order valence-electron chi connectivity index (χ3n) is 4.12. The van der Waals surface area contributed by atoms with Crippen molar-refractivity contribution in [2.75, 3.05) is 4.72 Å². The Kier molecular flexibility index (Phi) is 5.27. The van der Waals surface area contributed by atoms with Crippen molar-refractivity contribution < 1.29 is 17.2 Å². The van der Waals surface area contributed by atoms with Crippen molar-refractivity contribution in [2.45, 2.75) is 31.7 Å². The van der Waals surface area contributed by atoms with Crippen LogP contribution in [0.4, 0.5) is 14.6 Å². The summed E-state index contributed by atoms with van der Waals surface area (Å²) in [7, 11) is -3.96.